The molecule has 7 nitrogen and oxygen atoms in total. The van der Waals surface area contributed by atoms with Crippen LogP contribution in [0.25, 0.3) is 10.9 Å². The lowest BCUT2D eigenvalue weighted by atomic mass is 10.0. The van der Waals surface area contributed by atoms with Gasteiger partial charge in [0.1, 0.15) is 12.0 Å². The van der Waals surface area contributed by atoms with E-state index in [2.05, 4.69) is 31.0 Å². The molecule has 4 rings (SSSR count). The summed E-state index contributed by atoms with van der Waals surface area (Å²) < 4.78 is 0. The molecule has 1 aromatic heterocycles. The van der Waals surface area contributed by atoms with Crippen molar-refractivity contribution in [1.82, 2.24) is 15.4 Å². The Hall–Kier alpha value is -3.61. The van der Waals surface area contributed by atoms with Crippen molar-refractivity contribution < 1.29 is 4.79 Å². The molecule has 0 aliphatic carbocycles. The second-order valence-electron chi connectivity index (χ2n) is 5.95. The van der Waals surface area contributed by atoms with Crippen molar-refractivity contribution >= 4 is 34.1 Å². The minimum Gasteiger partial charge on any atom is -0.266 e. The second kappa shape index (κ2) is 6.72. The second-order valence-corrected chi connectivity index (χ2v) is 5.95. The predicted molar refractivity (Wildman–Crippen MR) is 101 cm³/mol. The molecule has 2 N–H and O–H groups in total. The van der Waals surface area contributed by atoms with Crippen LogP contribution >= 0.6 is 0 Å². The number of fused-ring (bicyclic) bond motifs is 1. The number of carbonyl (C=O) groups is 1. The highest BCUT2D eigenvalue weighted by molar-refractivity contribution is 6.44. The Morgan fingerprint density at radius 3 is 2.73 bits per heavy atom. The standard InChI is InChI=1S/C19H16N6O/c1-12-6-8-13(9-7-12)16-10-17(19(26)25-22-16)23-24-18-14-4-2-3-5-15(14)20-11-21-18/h2-9,11H,10H2,1H3,(H,25,26)(H,20,21,24)/b23-17+. The van der Waals surface area contributed by atoms with E-state index in [4.69, 9.17) is 0 Å². The van der Waals surface area contributed by atoms with Gasteiger partial charge >= 0.3 is 0 Å². The molecule has 0 radical (unpaired) electrons. The Labute approximate surface area is 149 Å². The summed E-state index contributed by atoms with van der Waals surface area (Å²) in [5.41, 5.74) is 9.44. The van der Waals surface area contributed by atoms with E-state index in [0.29, 0.717) is 18.0 Å². The van der Waals surface area contributed by atoms with Gasteiger partial charge in [-0.1, -0.05) is 42.0 Å². The summed E-state index contributed by atoms with van der Waals surface area (Å²) in [5.74, 6) is 0.224. The molecular formula is C19H16N6O. The Morgan fingerprint density at radius 1 is 1.08 bits per heavy atom. The van der Waals surface area contributed by atoms with Crippen molar-refractivity contribution in [2.45, 2.75) is 13.3 Å². The topological polar surface area (TPSA) is 91.6 Å². The van der Waals surface area contributed by atoms with Crippen LogP contribution in [0.1, 0.15) is 17.5 Å². The number of aryl methyl sites for hydroxylation is 1. The molecule has 3 aromatic rings. The summed E-state index contributed by atoms with van der Waals surface area (Å²) in [6, 6.07) is 15.6. The predicted octanol–water partition coefficient (Wildman–Crippen LogP) is 2.63. The summed E-state index contributed by atoms with van der Waals surface area (Å²) in [6.45, 7) is 2.02. The van der Waals surface area contributed by atoms with Crippen molar-refractivity contribution in [3.05, 3.63) is 66.0 Å². The van der Waals surface area contributed by atoms with Crippen molar-refractivity contribution in [3.63, 3.8) is 0 Å². The first-order valence-corrected chi connectivity index (χ1v) is 8.17. The minimum atomic E-state index is -0.327. The first kappa shape index (κ1) is 15.9. The van der Waals surface area contributed by atoms with E-state index in [9.17, 15) is 4.79 Å². The number of amides is 1. The van der Waals surface area contributed by atoms with E-state index in [1.54, 1.807) is 0 Å². The third-order valence-corrected chi connectivity index (χ3v) is 4.11. The number of anilines is 1. The van der Waals surface area contributed by atoms with Crippen molar-refractivity contribution in [3.8, 4) is 0 Å². The average molecular weight is 344 g/mol. The van der Waals surface area contributed by atoms with Crippen LogP contribution in [0.2, 0.25) is 0 Å². The molecule has 128 valence electrons. The van der Waals surface area contributed by atoms with Gasteiger partial charge in [-0.05, 0) is 24.6 Å². The summed E-state index contributed by atoms with van der Waals surface area (Å²) >= 11 is 0. The first-order valence-electron chi connectivity index (χ1n) is 8.17. The highest BCUT2D eigenvalue weighted by Crippen LogP contribution is 2.18. The molecule has 0 saturated heterocycles. The van der Waals surface area contributed by atoms with E-state index in [0.717, 1.165) is 22.2 Å². The lowest BCUT2D eigenvalue weighted by Crippen LogP contribution is -2.35. The van der Waals surface area contributed by atoms with E-state index >= 15 is 0 Å². The zero-order valence-electron chi connectivity index (χ0n) is 14.1. The number of nitrogens with zero attached hydrogens (tertiary/aromatic N) is 4. The maximum Gasteiger partial charge on any atom is 0.287 e. The Bertz CT molecular complexity index is 1030. The van der Waals surface area contributed by atoms with Gasteiger partial charge in [0.15, 0.2) is 5.82 Å². The van der Waals surface area contributed by atoms with Crippen LogP contribution in [0.4, 0.5) is 5.82 Å². The fourth-order valence-electron chi connectivity index (χ4n) is 2.68. The number of hydrogen-bond donors (Lipinski definition) is 2. The van der Waals surface area contributed by atoms with Gasteiger partial charge in [-0.2, -0.15) is 10.2 Å². The average Bonchev–Trinajstić information content (AvgIpc) is 2.68. The Morgan fingerprint density at radius 2 is 1.88 bits per heavy atom. The van der Waals surface area contributed by atoms with Gasteiger partial charge in [-0.15, -0.1) is 0 Å². The molecule has 1 amide bonds. The summed E-state index contributed by atoms with van der Waals surface area (Å²) in [5, 5.41) is 9.25. The number of benzene rings is 2. The molecule has 0 bridgehead atoms. The maximum atomic E-state index is 12.1. The summed E-state index contributed by atoms with van der Waals surface area (Å²) in [4.78, 5) is 20.5. The molecule has 0 fully saturated rings. The number of nitrogens with one attached hydrogen (secondary N) is 2. The number of rotatable bonds is 3. The van der Waals surface area contributed by atoms with Gasteiger partial charge < -0.3 is 0 Å². The Kier molecular flexibility index (Phi) is 4.10. The smallest absolute Gasteiger partial charge is 0.266 e. The number of hydrazone groups is 2. The number of para-hydroxylation sites is 1. The van der Waals surface area contributed by atoms with E-state index in [1.807, 2.05) is 55.5 Å². The highest BCUT2D eigenvalue weighted by atomic mass is 16.2. The zero-order chi connectivity index (χ0) is 17.9. The van der Waals surface area contributed by atoms with E-state index in [-0.39, 0.29) is 5.91 Å². The summed E-state index contributed by atoms with van der Waals surface area (Å²) in [6.07, 6.45) is 1.80. The van der Waals surface area contributed by atoms with Gasteiger partial charge in [-0.25, -0.2) is 15.4 Å². The van der Waals surface area contributed by atoms with Crippen molar-refractivity contribution in [1.29, 1.82) is 0 Å². The molecule has 2 aromatic carbocycles. The van der Waals surface area contributed by atoms with Crippen LogP contribution in [0, 0.1) is 6.92 Å². The number of carbonyl (C=O) groups excluding carboxylic acids is 1. The van der Waals surface area contributed by atoms with Crippen LogP contribution in [0.3, 0.4) is 0 Å². The monoisotopic (exact) mass is 344 g/mol. The Balaban J connectivity index is 1.59. The normalized spacial score (nSPS) is 15.7. The molecule has 0 spiro atoms. The third kappa shape index (κ3) is 3.14. The highest BCUT2D eigenvalue weighted by Gasteiger charge is 2.21. The molecule has 0 atom stereocenters. The minimum absolute atomic E-state index is 0.327. The summed E-state index contributed by atoms with van der Waals surface area (Å²) in [7, 11) is 0. The number of hydrogen-bond acceptors (Lipinski definition) is 6. The fourth-order valence-corrected chi connectivity index (χ4v) is 2.68. The molecule has 1 aliphatic heterocycles. The van der Waals surface area contributed by atoms with Gasteiger partial charge in [-0.3, -0.25) is 10.2 Å². The molecule has 0 saturated carbocycles. The SMILES string of the molecule is Cc1ccc(C2=NNC(=O)/C(=N/Nc3ncnc4ccccc34)C2)cc1. The van der Waals surface area contributed by atoms with Crippen LogP contribution in [-0.4, -0.2) is 27.3 Å². The van der Waals surface area contributed by atoms with Crippen molar-refractivity contribution in [2.24, 2.45) is 10.2 Å². The molecule has 7 heteroatoms. The molecular weight excluding hydrogens is 328 g/mol. The molecule has 2 heterocycles. The van der Waals surface area contributed by atoms with Crippen LogP contribution in [0.15, 0.2) is 65.1 Å². The molecule has 1 aliphatic rings. The maximum absolute atomic E-state index is 12.1. The van der Waals surface area contributed by atoms with Crippen LogP contribution in [-0.2, 0) is 4.79 Å². The zero-order valence-corrected chi connectivity index (χ0v) is 14.1. The van der Waals surface area contributed by atoms with Crippen LogP contribution < -0.4 is 10.9 Å². The van der Waals surface area contributed by atoms with Gasteiger partial charge in [0.2, 0.25) is 0 Å². The lowest BCUT2D eigenvalue weighted by Gasteiger charge is -2.15. The molecule has 26 heavy (non-hydrogen) atoms. The lowest BCUT2D eigenvalue weighted by molar-refractivity contribution is -0.115. The van der Waals surface area contributed by atoms with Gasteiger partial charge in [0.05, 0.1) is 11.2 Å². The first-order chi connectivity index (χ1) is 12.7. The van der Waals surface area contributed by atoms with Gasteiger partial charge in [0.25, 0.3) is 5.91 Å². The third-order valence-electron chi connectivity index (χ3n) is 4.11. The van der Waals surface area contributed by atoms with Crippen LogP contribution in [0.5, 0.6) is 0 Å². The van der Waals surface area contributed by atoms with E-state index < -0.39 is 0 Å². The van der Waals surface area contributed by atoms with Crippen molar-refractivity contribution in [2.75, 3.05) is 5.43 Å². The quantitative estimate of drug-likeness (QED) is 0.715. The van der Waals surface area contributed by atoms with E-state index in [1.165, 1.54) is 11.9 Å². The fraction of sp³-hybridized carbons (Fsp3) is 0.105. The van der Waals surface area contributed by atoms with Gasteiger partial charge in [0, 0.05) is 11.8 Å². The molecule has 0 unspecified atom stereocenters. The number of aromatic nitrogens is 2. The largest absolute Gasteiger partial charge is 0.287 e.